The van der Waals surface area contributed by atoms with Crippen molar-refractivity contribution in [1.82, 2.24) is 0 Å². The van der Waals surface area contributed by atoms with Crippen molar-refractivity contribution >= 4 is 27.5 Å². The summed E-state index contributed by atoms with van der Waals surface area (Å²) in [5.74, 6) is 0.843. The first-order valence-electron chi connectivity index (χ1n) is 8.45. The summed E-state index contributed by atoms with van der Waals surface area (Å²) < 4.78 is 27.6. The van der Waals surface area contributed by atoms with E-state index in [-0.39, 0.29) is 4.90 Å². The van der Waals surface area contributed by atoms with E-state index < -0.39 is 10.0 Å². The van der Waals surface area contributed by atoms with Crippen molar-refractivity contribution in [2.24, 2.45) is 0 Å². The van der Waals surface area contributed by atoms with E-state index in [0.29, 0.717) is 5.69 Å². The van der Waals surface area contributed by atoms with Gasteiger partial charge in [-0.25, -0.2) is 8.42 Å². The lowest BCUT2D eigenvalue weighted by Crippen LogP contribution is -2.12. The molecule has 3 aromatic carbocycles. The van der Waals surface area contributed by atoms with Gasteiger partial charge in [0, 0.05) is 16.3 Å². The molecule has 0 aromatic heterocycles. The molecule has 0 bridgehead atoms. The first kappa shape index (κ1) is 18.5. The molecule has 0 spiro atoms. The van der Waals surface area contributed by atoms with Gasteiger partial charge in [0.2, 0.25) is 0 Å². The second-order valence-corrected chi connectivity index (χ2v) is 8.63. The molecule has 0 aliphatic heterocycles. The van der Waals surface area contributed by atoms with Crippen LogP contribution in [0.2, 0.25) is 0 Å². The summed E-state index contributed by atoms with van der Waals surface area (Å²) in [6, 6.07) is 24.7. The zero-order chi connectivity index (χ0) is 18.4. The Kier molecular flexibility index (Phi) is 6.01. The van der Waals surface area contributed by atoms with E-state index in [2.05, 4.69) is 16.9 Å². The van der Waals surface area contributed by atoms with Crippen molar-refractivity contribution < 1.29 is 8.42 Å². The lowest BCUT2D eigenvalue weighted by atomic mass is 10.2. The van der Waals surface area contributed by atoms with Crippen LogP contribution in [0.15, 0.2) is 88.7 Å². The summed E-state index contributed by atoms with van der Waals surface area (Å²) in [6.45, 7) is 2.04. The molecule has 0 heterocycles. The largest absolute Gasteiger partial charge is 0.280 e. The first-order valence-corrected chi connectivity index (χ1v) is 10.9. The van der Waals surface area contributed by atoms with E-state index >= 15 is 0 Å². The van der Waals surface area contributed by atoms with E-state index in [1.165, 1.54) is 4.90 Å². The molecule has 0 amide bonds. The number of anilines is 1. The van der Waals surface area contributed by atoms with E-state index in [4.69, 9.17) is 0 Å². The van der Waals surface area contributed by atoms with Gasteiger partial charge in [-0.05, 0) is 53.9 Å². The van der Waals surface area contributed by atoms with Gasteiger partial charge in [0.25, 0.3) is 10.0 Å². The van der Waals surface area contributed by atoms with Gasteiger partial charge >= 0.3 is 0 Å². The van der Waals surface area contributed by atoms with Gasteiger partial charge in [0.1, 0.15) is 0 Å². The molecule has 0 fully saturated rings. The highest BCUT2D eigenvalue weighted by molar-refractivity contribution is 7.98. The molecule has 5 heteroatoms. The SMILES string of the molecule is CCc1ccc(S(=O)(=O)Nc2ccc(CSc3ccccc3)cc2)cc1. The molecule has 3 nitrogen and oxygen atoms in total. The summed E-state index contributed by atoms with van der Waals surface area (Å²) in [5.41, 5.74) is 2.83. The second kappa shape index (κ2) is 8.43. The Bertz CT molecular complexity index is 936. The van der Waals surface area contributed by atoms with E-state index in [0.717, 1.165) is 23.3 Å². The lowest BCUT2D eigenvalue weighted by molar-refractivity contribution is 0.601. The average Bonchev–Trinajstić information content (AvgIpc) is 2.68. The van der Waals surface area contributed by atoms with Crippen LogP contribution in [0.5, 0.6) is 0 Å². The van der Waals surface area contributed by atoms with Crippen molar-refractivity contribution in [3.05, 3.63) is 90.0 Å². The summed E-state index contributed by atoms with van der Waals surface area (Å²) in [4.78, 5) is 1.49. The molecule has 0 radical (unpaired) electrons. The summed E-state index contributed by atoms with van der Waals surface area (Å²) in [5, 5.41) is 0. The Hall–Kier alpha value is -2.24. The van der Waals surface area contributed by atoms with Gasteiger partial charge in [0.15, 0.2) is 0 Å². The monoisotopic (exact) mass is 383 g/mol. The van der Waals surface area contributed by atoms with Gasteiger partial charge < -0.3 is 0 Å². The maximum absolute atomic E-state index is 12.5. The van der Waals surface area contributed by atoms with Crippen LogP contribution >= 0.6 is 11.8 Å². The number of hydrogen-bond donors (Lipinski definition) is 1. The number of nitrogens with one attached hydrogen (secondary N) is 1. The van der Waals surface area contributed by atoms with Crippen LogP contribution < -0.4 is 4.72 Å². The molecular formula is C21H21NO2S2. The Balaban J connectivity index is 1.64. The molecule has 1 N–H and O–H groups in total. The van der Waals surface area contributed by atoms with Gasteiger partial charge in [0.05, 0.1) is 4.90 Å². The standard InChI is InChI=1S/C21H21NO2S2/c1-2-17-10-14-21(15-11-17)26(23,24)22-19-12-8-18(9-13-19)16-25-20-6-4-3-5-7-20/h3-15,22H,2,16H2,1H3. The molecule has 3 rings (SSSR count). The summed E-state index contributed by atoms with van der Waals surface area (Å²) in [6.07, 6.45) is 0.885. The molecule has 0 saturated carbocycles. The molecule has 0 atom stereocenters. The highest BCUT2D eigenvalue weighted by Crippen LogP contribution is 2.24. The van der Waals surface area contributed by atoms with Crippen LogP contribution in [0, 0.1) is 0 Å². The minimum absolute atomic E-state index is 0.276. The fraction of sp³-hybridized carbons (Fsp3) is 0.143. The third kappa shape index (κ3) is 4.90. The van der Waals surface area contributed by atoms with E-state index in [1.807, 2.05) is 49.4 Å². The van der Waals surface area contributed by atoms with Gasteiger partial charge in [-0.3, -0.25) is 4.72 Å². The van der Waals surface area contributed by atoms with Gasteiger partial charge in [-0.15, -0.1) is 11.8 Å². The minimum atomic E-state index is -3.56. The molecule has 134 valence electrons. The Labute approximate surface area is 159 Å². The van der Waals surface area contributed by atoms with Crippen LogP contribution in [-0.2, 0) is 22.2 Å². The highest BCUT2D eigenvalue weighted by Gasteiger charge is 2.13. The predicted octanol–water partition coefficient (Wildman–Crippen LogP) is 5.34. The molecule has 0 unspecified atom stereocenters. The Morgan fingerprint density at radius 3 is 2.04 bits per heavy atom. The van der Waals surface area contributed by atoms with Crippen molar-refractivity contribution in [2.75, 3.05) is 4.72 Å². The van der Waals surface area contributed by atoms with E-state index in [1.54, 1.807) is 36.0 Å². The van der Waals surface area contributed by atoms with Crippen molar-refractivity contribution in [1.29, 1.82) is 0 Å². The predicted molar refractivity (Wildman–Crippen MR) is 109 cm³/mol. The van der Waals surface area contributed by atoms with Crippen molar-refractivity contribution in [3.63, 3.8) is 0 Å². The van der Waals surface area contributed by atoms with Crippen LogP contribution in [0.4, 0.5) is 5.69 Å². The molecular weight excluding hydrogens is 362 g/mol. The normalized spacial score (nSPS) is 11.3. The summed E-state index contributed by atoms with van der Waals surface area (Å²) >= 11 is 1.75. The van der Waals surface area contributed by atoms with Crippen molar-refractivity contribution in [3.8, 4) is 0 Å². The van der Waals surface area contributed by atoms with E-state index in [9.17, 15) is 8.42 Å². The maximum Gasteiger partial charge on any atom is 0.261 e. The maximum atomic E-state index is 12.5. The smallest absolute Gasteiger partial charge is 0.261 e. The quantitative estimate of drug-likeness (QED) is 0.560. The number of hydrogen-bond acceptors (Lipinski definition) is 3. The highest BCUT2D eigenvalue weighted by atomic mass is 32.2. The lowest BCUT2D eigenvalue weighted by Gasteiger charge is -2.09. The fourth-order valence-corrected chi connectivity index (χ4v) is 4.40. The number of thioether (sulfide) groups is 1. The van der Waals surface area contributed by atoms with Gasteiger partial charge in [-0.2, -0.15) is 0 Å². The van der Waals surface area contributed by atoms with Crippen LogP contribution in [-0.4, -0.2) is 8.42 Å². The molecule has 26 heavy (non-hydrogen) atoms. The van der Waals surface area contributed by atoms with Crippen LogP contribution in [0.1, 0.15) is 18.1 Å². The van der Waals surface area contributed by atoms with Crippen molar-refractivity contribution in [2.45, 2.75) is 28.9 Å². The third-order valence-electron chi connectivity index (χ3n) is 4.00. The van der Waals surface area contributed by atoms with Gasteiger partial charge in [-0.1, -0.05) is 49.4 Å². The second-order valence-electron chi connectivity index (χ2n) is 5.90. The Morgan fingerprint density at radius 1 is 0.808 bits per heavy atom. The molecule has 0 aliphatic carbocycles. The number of aryl methyl sites for hydroxylation is 1. The Morgan fingerprint density at radius 2 is 1.42 bits per heavy atom. The number of rotatable bonds is 7. The fourth-order valence-electron chi connectivity index (χ4n) is 2.47. The number of benzene rings is 3. The molecule has 0 saturated heterocycles. The molecule has 3 aromatic rings. The van der Waals surface area contributed by atoms with Crippen LogP contribution in [0.3, 0.4) is 0 Å². The average molecular weight is 384 g/mol. The van der Waals surface area contributed by atoms with Crippen LogP contribution in [0.25, 0.3) is 0 Å². The zero-order valence-electron chi connectivity index (χ0n) is 14.6. The topological polar surface area (TPSA) is 46.2 Å². The minimum Gasteiger partial charge on any atom is -0.280 e. The first-order chi connectivity index (χ1) is 12.6. The third-order valence-corrected chi connectivity index (χ3v) is 6.48. The number of sulfonamides is 1. The zero-order valence-corrected chi connectivity index (χ0v) is 16.2. The molecule has 0 aliphatic rings. The summed E-state index contributed by atoms with van der Waals surface area (Å²) in [7, 11) is -3.56.